The second kappa shape index (κ2) is 36.4. The number of rotatable bonds is 14. The van der Waals surface area contributed by atoms with Crippen LogP contribution < -0.4 is 70.0 Å². The lowest BCUT2D eigenvalue weighted by molar-refractivity contribution is -0.145. The maximum absolute atomic E-state index is 15.4. The fraction of sp³-hybridized carbons (Fsp3) is 0.457. The van der Waals surface area contributed by atoms with E-state index in [-0.39, 0.29) is 115 Å². The average molecular weight is 1410 g/mol. The van der Waals surface area contributed by atoms with Crippen molar-refractivity contribution in [2.45, 2.75) is 171 Å². The third-order valence-corrected chi connectivity index (χ3v) is 18.0. The Hall–Kier alpha value is -10.7. The van der Waals surface area contributed by atoms with Crippen LogP contribution in [0.1, 0.15) is 108 Å². The summed E-state index contributed by atoms with van der Waals surface area (Å²) in [6.45, 7) is 3.99. The Labute approximate surface area is 587 Å². The van der Waals surface area contributed by atoms with Crippen LogP contribution in [0.5, 0.6) is 0 Å². The molecule has 4 heterocycles. The first-order valence-corrected chi connectivity index (χ1v) is 34.3. The predicted molar refractivity (Wildman–Crippen MR) is 373 cm³/mol. The van der Waals surface area contributed by atoms with Crippen LogP contribution in [0.3, 0.4) is 0 Å². The van der Waals surface area contributed by atoms with Crippen molar-refractivity contribution in [2.24, 2.45) is 22.4 Å². The Balaban J connectivity index is 1.23. The van der Waals surface area contributed by atoms with Gasteiger partial charge in [0.15, 0.2) is 5.96 Å². The lowest BCUT2D eigenvalue weighted by Gasteiger charge is -2.31. The van der Waals surface area contributed by atoms with Crippen molar-refractivity contribution >= 4 is 116 Å². The van der Waals surface area contributed by atoms with Crippen LogP contribution in [0.2, 0.25) is 5.02 Å². The molecule has 3 aliphatic heterocycles. The summed E-state index contributed by atoms with van der Waals surface area (Å²) in [5.41, 5.74) is 13.4. The van der Waals surface area contributed by atoms with Crippen molar-refractivity contribution in [1.82, 2.24) is 68.4 Å². The molecule has 0 radical (unpaired) electrons. The van der Waals surface area contributed by atoms with Crippen LogP contribution >= 0.6 is 11.6 Å². The van der Waals surface area contributed by atoms with Crippen LogP contribution in [-0.4, -0.2) is 184 Å². The number of benzene rings is 4. The number of aliphatic carboxylic acids is 1. The molecule has 17 N–H and O–H groups in total. The van der Waals surface area contributed by atoms with Crippen molar-refractivity contribution in [3.63, 3.8) is 0 Å². The fourth-order valence-corrected chi connectivity index (χ4v) is 12.6. The van der Waals surface area contributed by atoms with E-state index >= 15 is 24.0 Å². The maximum Gasteiger partial charge on any atom is 0.328 e. The summed E-state index contributed by atoms with van der Waals surface area (Å²) in [4.78, 5) is 196. The highest BCUT2D eigenvalue weighted by Crippen LogP contribution is 2.24. The second-order valence-corrected chi connectivity index (χ2v) is 26.5. The topological polar surface area (TPSA) is 458 Å². The zero-order valence-electron chi connectivity index (χ0n) is 56.5. The van der Waals surface area contributed by atoms with Gasteiger partial charge in [-0.05, 0) is 109 Å². The van der Waals surface area contributed by atoms with Crippen molar-refractivity contribution in [3.8, 4) is 0 Å². The number of fused-ring (bicyclic) bond motifs is 6. The minimum absolute atomic E-state index is 0.00470. The summed E-state index contributed by atoms with van der Waals surface area (Å²) in [7, 11) is 0. The number of para-hydroxylation sites is 1. The molecule has 12 amide bonds. The summed E-state index contributed by atoms with van der Waals surface area (Å²) in [5, 5.41) is 42.5. The first kappa shape index (κ1) is 76.1. The third-order valence-electron chi connectivity index (χ3n) is 17.7. The van der Waals surface area contributed by atoms with Gasteiger partial charge in [0.25, 0.3) is 0 Å². The number of carbonyl (C=O) groups is 13. The molecule has 0 unspecified atom stereocenters. The molecule has 1 aromatic heterocycles. The Morgan fingerprint density at radius 3 is 1.95 bits per heavy atom. The van der Waals surface area contributed by atoms with E-state index in [2.05, 4.69) is 68.5 Å². The molecular weight excluding hydrogens is 1320 g/mol. The number of amides is 12. The Morgan fingerprint density at radius 2 is 1.24 bits per heavy atom. The molecule has 3 fully saturated rings. The number of carboxylic acid groups (broad SMARTS) is 1. The molecule has 30 nitrogen and oxygen atoms in total. The van der Waals surface area contributed by atoms with E-state index in [1.165, 1.54) is 11.8 Å². The number of aliphatic imine (C=N–C) groups is 1. The standard InChI is InChI=1S/C70H89ClN16O14/c1-38(2)30-51-62(93)80-50(17-10-28-75-70(72)73)68(99)87-29-11-18-57(87)67(98)86-56(69(100)101)37-77-59(90)35-55-66(97)79-48(60(91)83-53(64(95)81-51)33-41-19-22-42-12-4-5-13-43(42)31-41)16-8-9-27-74-58(89)26-25-49(78-39(3)88)61(92)82-52(32-40-20-23-45(71)24-21-40)63(94)84-54(65(96)85-55)34-44-36-76-47-15-7-6-14-46(44)47/h4-7,12-15,19-24,31,36,38,48-57,76H,8-11,16-18,25-30,32-35,37H2,1-3H3,(H,74,89)(H,77,90)(H,78,88)(H,79,97)(H,80,93)(H,81,95)(H,82,92)(H,83,91)(H,84,94)(H,85,96)(H,86,98)(H,100,101)(H4,72,73,75)/t48-,49-,50-,51-,52+,53+,54+,55-,56-,57-/m0/s1. The van der Waals surface area contributed by atoms with Crippen LogP contribution in [0.25, 0.3) is 21.7 Å². The molecular formula is C70H89ClN16O14. The highest BCUT2D eigenvalue weighted by molar-refractivity contribution is 6.30. The molecule has 0 saturated carbocycles. The first-order chi connectivity index (χ1) is 48.3. The van der Waals surface area contributed by atoms with Gasteiger partial charge in [-0.3, -0.25) is 62.5 Å². The predicted octanol–water partition coefficient (Wildman–Crippen LogP) is 0.161. The van der Waals surface area contributed by atoms with Gasteiger partial charge in [0.2, 0.25) is 70.9 Å². The van der Waals surface area contributed by atoms with Gasteiger partial charge >= 0.3 is 5.97 Å². The van der Waals surface area contributed by atoms with E-state index in [0.29, 0.717) is 32.6 Å². The van der Waals surface area contributed by atoms with Crippen molar-refractivity contribution in [1.29, 1.82) is 0 Å². The van der Waals surface area contributed by atoms with E-state index in [9.17, 15) is 43.5 Å². The normalized spacial score (nSPS) is 24.2. The summed E-state index contributed by atoms with van der Waals surface area (Å²) in [6.07, 6.45) is -0.174. The van der Waals surface area contributed by atoms with Crippen LogP contribution in [0.4, 0.5) is 0 Å². The smallest absolute Gasteiger partial charge is 0.328 e. The SMILES string of the molecule is CC(=O)N[C@H]1CCC(=O)NCCCC[C@@H]2NC(=O)[C@H](CC(=O)NC[C@@H](C(=O)O)NC(=O)[C@@H]3CCCN3C(=O)[C@H](CCCN=C(N)N)NC(=O)[C@H](CC(C)C)NC(=O)[C@@H](Cc3ccc4ccccc4c3)NC2=O)NC(=O)[C@@H](Cc2c[nH]c3ccccc23)NC(=O)[C@@H](Cc2ccc(Cl)cc2)NC1=O. The molecule has 8 rings (SSSR count). The Morgan fingerprint density at radius 1 is 0.624 bits per heavy atom. The molecule has 0 spiro atoms. The maximum atomic E-state index is 15.4. The second-order valence-electron chi connectivity index (χ2n) is 26.0. The molecule has 3 aliphatic rings. The number of carboxylic acids is 1. The quantitative estimate of drug-likeness (QED) is 0.0400. The fourth-order valence-electron chi connectivity index (χ4n) is 12.5. The average Bonchev–Trinajstić information content (AvgIpc) is 1.78. The van der Waals surface area contributed by atoms with Gasteiger partial charge in [-0.1, -0.05) is 98.2 Å². The number of hydrogen-bond donors (Lipinski definition) is 15. The number of hydrogen-bond acceptors (Lipinski definition) is 14. The molecule has 4 aromatic carbocycles. The summed E-state index contributed by atoms with van der Waals surface area (Å²) in [5.74, 6) is -12.6. The van der Waals surface area contributed by atoms with Crippen LogP contribution in [0.15, 0.2) is 102 Å². The van der Waals surface area contributed by atoms with Crippen molar-refractivity contribution < 1.29 is 67.4 Å². The van der Waals surface area contributed by atoms with Crippen molar-refractivity contribution in [2.75, 3.05) is 26.2 Å². The van der Waals surface area contributed by atoms with Gasteiger partial charge in [-0.15, -0.1) is 0 Å². The Bertz CT molecular complexity index is 3900. The van der Waals surface area contributed by atoms with E-state index < -0.39 is 150 Å². The number of nitrogens with zero attached hydrogens (tertiary/aromatic N) is 2. The lowest BCUT2D eigenvalue weighted by Crippen LogP contribution is -2.61. The number of aromatic amines is 1. The number of nitrogens with one attached hydrogen (secondary N) is 12. The van der Waals surface area contributed by atoms with Gasteiger partial charge < -0.3 is 84.9 Å². The van der Waals surface area contributed by atoms with Gasteiger partial charge in [-0.2, -0.15) is 0 Å². The van der Waals surface area contributed by atoms with E-state index in [1.54, 1.807) is 74.6 Å². The monoisotopic (exact) mass is 1410 g/mol. The summed E-state index contributed by atoms with van der Waals surface area (Å²) >= 11 is 6.24. The molecule has 31 heteroatoms. The molecule has 2 bridgehead atoms. The van der Waals surface area contributed by atoms with Crippen LogP contribution in [-0.2, 0) is 81.6 Å². The van der Waals surface area contributed by atoms with E-state index in [0.717, 1.165) is 10.8 Å². The van der Waals surface area contributed by atoms with Gasteiger partial charge in [0.1, 0.15) is 60.4 Å². The van der Waals surface area contributed by atoms with Gasteiger partial charge in [-0.25, -0.2) is 4.79 Å². The number of carbonyl (C=O) groups excluding carboxylic acids is 12. The summed E-state index contributed by atoms with van der Waals surface area (Å²) < 4.78 is 0. The van der Waals surface area contributed by atoms with Crippen LogP contribution in [0, 0.1) is 5.92 Å². The zero-order valence-corrected chi connectivity index (χ0v) is 57.3. The molecule has 540 valence electrons. The van der Waals surface area contributed by atoms with Gasteiger partial charge in [0.05, 0.1) is 6.42 Å². The molecule has 10 atom stereocenters. The number of guanidine groups is 1. The molecule has 5 aromatic rings. The minimum atomic E-state index is -1.98. The Kier molecular flexibility index (Phi) is 27.5. The number of aromatic nitrogens is 1. The number of halogens is 1. The highest BCUT2D eigenvalue weighted by Gasteiger charge is 2.41. The third kappa shape index (κ3) is 22.4. The minimum Gasteiger partial charge on any atom is -0.480 e. The zero-order chi connectivity index (χ0) is 72.9. The largest absolute Gasteiger partial charge is 0.480 e. The highest BCUT2D eigenvalue weighted by atomic mass is 35.5. The molecule has 3 saturated heterocycles. The lowest BCUT2D eigenvalue weighted by atomic mass is 9.98. The van der Waals surface area contributed by atoms with Gasteiger partial charge in [0, 0.05) is 80.9 Å². The molecule has 0 aliphatic carbocycles. The van der Waals surface area contributed by atoms with E-state index in [4.69, 9.17) is 23.1 Å². The summed E-state index contributed by atoms with van der Waals surface area (Å²) in [6, 6.07) is 10.7. The number of H-pyrrole nitrogens is 1. The molecule has 101 heavy (non-hydrogen) atoms. The van der Waals surface area contributed by atoms with E-state index in [1.807, 2.05) is 36.4 Å². The number of nitrogens with two attached hydrogens (primary N) is 2. The van der Waals surface area contributed by atoms with Crippen molar-refractivity contribution in [3.05, 3.63) is 119 Å². The first-order valence-electron chi connectivity index (χ1n) is 33.9.